The van der Waals surface area contributed by atoms with Crippen LogP contribution in [0.25, 0.3) is 0 Å². The fraction of sp³-hybridized carbons (Fsp3) is 0.929. The zero-order chi connectivity index (χ0) is 12.2. The van der Waals surface area contributed by atoms with Crippen LogP contribution < -0.4 is 0 Å². The van der Waals surface area contributed by atoms with E-state index >= 15 is 0 Å². The van der Waals surface area contributed by atoms with Crippen molar-refractivity contribution in [2.45, 2.75) is 65.9 Å². The number of carbonyl (C=O) groups is 1. The van der Waals surface area contributed by atoms with E-state index < -0.39 is 0 Å². The van der Waals surface area contributed by atoms with Gasteiger partial charge in [-0.3, -0.25) is 4.79 Å². The Morgan fingerprint density at radius 1 is 1.25 bits per heavy atom. The van der Waals surface area contributed by atoms with Gasteiger partial charge in [0.1, 0.15) is 5.60 Å². The van der Waals surface area contributed by atoms with E-state index in [1.165, 1.54) is 19.3 Å². The number of rotatable bonds is 1. The molecule has 2 nitrogen and oxygen atoms in total. The smallest absolute Gasteiger partial charge is 0.310 e. The van der Waals surface area contributed by atoms with Crippen molar-refractivity contribution in [2.24, 2.45) is 16.7 Å². The van der Waals surface area contributed by atoms with Gasteiger partial charge in [-0.1, -0.05) is 13.8 Å². The molecule has 0 aromatic rings. The van der Waals surface area contributed by atoms with Gasteiger partial charge >= 0.3 is 5.97 Å². The van der Waals surface area contributed by atoms with E-state index in [0.29, 0.717) is 5.41 Å². The highest BCUT2D eigenvalue weighted by Crippen LogP contribution is 2.64. The van der Waals surface area contributed by atoms with E-state index in [0.717, 1.165) is 6.42 Å². The highest BCUT2D eigenvalue weighted by molar-refractivity contribution is 5.74. The van der Waals surface area contributed by atoms with Crippen LogP contribution in [0, 0.1) is 16.7 Å². The van der Waals surface area contributed by atoms with Crippen molar-refractivity contribution in [1.82, 2.24) is 0 Å². The fourth-order valence-corrected chi connectivity index (χ4v) is 3.69. The molecule has 0 amide bonds. The van der Waals surface area contributed by atoms with E-state index in [-0.39, 0.29) is 22.9 Å². The molecule has 2 heteroatoms. The molecule has 0 spiro atoms. The van der Waals surface area contributed by atoms with Gasteiger partial charge in [-0.15, -0.1) is 0 Å². The van der Waals surface area contributed by atoms with Crippen molar-refractivity contribution < 1.29 is 9.53 Å². The molecule has 0 aliphatic heterocycles. The molecule has 0 heterocycles. The topological polar surface area (TPSA) is 26.3 Å². The predicted molar refractivity (Wildman–Crippen MR) is 64.0 cm³/mol. The summed E-state index contributed by atoms with van der Waals surface area (Å²) in [4.78, 5) is 12.2. The van der Waals surface area contributed by atoms with Crippen LogP contribution in [0.3, 0.4) is 0 Å². The molecular weight excluding hydrogens is 200 g/mol. The van der Waals surface area contributed by atoms with Gasteiger partial charge in [-0.2, -0.15) is 0 Å². The van der Waals surface area contributed by atoms with Crippen molar-refractivity contribution in [2.75, 3.05) is 0 Å². The van der Waals surface area contributed by atoms with Crippen LogP contribution >= 0.6 is 0 Å². The van der Waals surface area contributed by atoms with Crippen LogP contribution in [0.2, 0.25) is 0 Å². The first kappa shape index (κ1) is 11.9. The number of esters is 1. The third-order valence-electron chi connectivity index (χ3n) is 4.36. The minimum Gasteiger partial charge on any atom is -0.460 e. The first-order valence-corrected chi connectivity index (χ1v) is 6.37. The Bertz CT molecular complexity index is 315. The fourth-order valence-electron chi connectivity index (χ4n) is 3.69. The average Bonchev–Trinajstić information content (AvgIpc) is 2.50. The third-order valence-corrected chi connectivity index (χ3v) is 4.36. The molecule has 16 heavy (non-hydrogen) atoms. The lowest BCUT2D eigenvalue weighted by atomic mass is 9.75. The molecule has 2 rings (SSSR count). The van der Waals surface area contributed by atoms with Crippen LogP contribution in [0.4, 0.5) is 0 Å². The summed E-state index contributed by atoms with van der Waals surface area (Å²) in [7, 11) is 0. The first-order chi connectivity index (χ1) is 7.14. The maximum atomic E-state index is 12.2. The van der Waals surface area contributed by atoms with Crippen molar-refractivity contribution in [3.05, 3.63) is 0 Å². The molecule has 3 unspecified atom stereocenters. The summed E-state index contributed by atoms with van der Waals surface area (Å²) in [6.45, 7) is 10.4. The molecule has 0 aromatic heterocycles. The van der Waals surface area contributed by atoms with Crippen LogP contribution in [0.1, 0.15) is 60.3 Å². The highest BCUT2D eigenvalue weighted by atomic mass is 16.6. The van der Waals surface area contributed by atoms with Crippen molar-refractivity contribution in [1.29, 1.82) is 0 Å². The average molecular weight is 224 g/mol. The zero-order valence-corrected chi connectivity index (χ0v) is 11.2. The zero-order valence-electron chi connectivity index (χ0n) is 11.2. The predicted octanol–water partition coefficient (Wildman–Crippen LogP) is 3.54. The second-order valence-corrected chi connectivity index (χ2v) is 7.43. The molecule has 2 aliphatic carbocycles. The van der Waals surface area contributed by atoms with E-state index in [1.54, 1.807) is 0 Å². The lowest BCUT2D eigenvalue weighted by Gasteiger charge is -2.33. The minimum atomic E-state index is -0.351. The SMILES string of the molecule is CC12CCC(C)(C1)C(C(=O)OC(C)(C)C)C2. The van der Waals surface area contributed by atoms with Gasteiger partial charge < -0.3 is 4.74 Å². The molecule has 2 saturated carbocycles. The molecule has 2 fully saturated rings. The standard InChI is InChI=1S/C14H24O2/c1-12(2,3)16-11(15)10-8-13(4)6-7-14(10,5)9-13/h10H,6-9H2,1-5H3. The molecular formula is C14H24O2. The highest BCUT2D eigenvalue weighted by Gasteiger charge is 2.58. The Kier molecular flexibility index (Phi) is 2.42. The lowest BCUT2D eigenvalue weighted by Crippen LogP contribution is -2.35. The maximum absolute atomic E-state index is 12.2. The Balaban J connectivity index is 2.10. The van der Waals surface area contributed by atoms with Gasteiger partial charge in [0, 0.05) is 0 Å². The summed E-state index contributed by atoms with van der Waals surface area (Å²) < 4.78 is 5.55. The number of carbonyl (C=O) groups excluding carboxylic acids is 1. The second kappa shape index (κ2) is 3.24. The summed E-state index contributed by atoms with van der Waals surface area (Å²) in [6.07, 6.45) is 4.69. The number of hydrogen-bond acceptors (Lipinski definition) is 2. The third kappa shape index (κ3) is 1.99. The van der Waals surface area contributed by atoms with E-state index in [2.05, 4.69) is 13.8 Å². The Hall–Kier alpha value is -0.530. The van der Waals surface area contributed by atoms with Gasteiger partial charge in [0.15, 0.2) is 0 Å². The van der Waals surface area contributed by atoms with Gasteiger partial charge in [0.05, 0.1) is 5.92 Å². The molecule has 0 saturated heterocycles. The van der Waals surface area contributed by atoms with Gasteiger partial charge in [0.25, 0.3) is 0 Å². The van der Waals surface area contributed by atoms with Crippen LogP contribution in [0.5, 0.6) is 0 Å². The van der Waals surface area contributed by atoms with Gasteiger partial charge in [0.2, 0.25) is 0 Å². The molecule has 2 bridgehead atoms. The Morgan fingerprint density at radius 2 is 1.88 bits per heavy atom. The summed E-state index contributed by atoms with van der Waals surface area (Å²) in [5.41, 5.74) is 0.254. The number of ether oxygens (including phenoxy) is 1. The Labute approximate surface area is 98.7 Å². The molecule has 2 aliphatic rings. The summed E-state index contributed by atoms with van der Waals surface area (Å²) >= 11 is 0. The Morgan fingerprint density at radius 3 is 2.25 bits per heavy atom. The van der Waals surface area contributed by atoms with Gasteiger partial charge in [-0.05, 0) is 57.3 Å². The normalized spacial score (nSPS) is 42.4. The van der Waals surface area contributed by atoms with E-state index in [4.69, 9.17) is 4.74 Å². The monoisotopic (exact) mass is 224 g/mol. The van der Waals surface area contributed by atoms with Crippen molar-refractivity contribution >= 4 is 5.97 Å². The quantitative estimate of drug-likeness (QED) is 0.637. The molecule has 92 valence electrons. The van der Waals surface area contributed by atoms with Crippen LogP contribution in [-0.2, 0) is 9.53 Å². The number of fused-ring (bicyclic) bond motifs is 2. The van der Waals surface area contributed by atoms with Crippen LogP contribution in [-0.4, -0.2) is 11.6 Å². The largest absolute Gasteiger partial charge is 0.460 e. The summed E-state index contributed by atoms with van der Waals surface area (Å²) in [5.74, 6) is 0.156. The first-order valence-electron chi connectivity index (χ1n) is 6.37. The molecule has 0 N–H and O–H groups in total. The van der Waals surface area contributed by atoms with Crippen LogP contribution in [0.15, 0.2) is 0 Å². The van der Waals surface area contributed by atoms with E-state index in [9.17, 15) is 4.79 Å². The maximum Gasteiger partial charge on any atom is 0.310 e. The number of hydrogen-bond donors (Lipinski definition) is 0. The van der Waals surface area contributed by atoms with Crippen molar-refractivity contribution in [3.8, 4) is 0 Å². The summed E-state index contributed by atoms with van der Waals surface area (Å²) in [5, 5.41) is 0. The second-order valence-electron chi connectivity index (χ2n) is 7.43. The lowest BCUT2D eigenvalue weighted by molar-refractivity contribution is -0.164. The molecule has 0 radical (unpaired) electrons. The molecule has 0 aromatic carbocycles. The summed E-state index contributed by atoms with van der Waals surface area (Å²) in [6, 6.07) is 0. The molecule has 3 atom stereocenters. The van der Waals surface area contributed by atoms with Gasteiger partial charge in [-0.25, -0.2) is 0 Å². The van der Waals surface area contributed by atoms with Crippen molar-refractivity contribution in [3.63, 3.8) is 0 Å². The van der Waals surface area contributed by atoms with E-state index in [1.807, 2.05) is 20.8 Å². The minimum absolute atomic E-state index is 0.0263.